The number of hydrogen-bond acceptors (Lipinski definition) is 2. The molecule has 0 bridgehead atoms. The molecule has 0 radical (unpaired) electrons. The average Bonchev–Trinajstić information content (AvgIpc) is 2.38. The first-order chi connectivity index (χ1) is 8.36. The summed E-state index contributed by atoms with van der Waals surface area (Å²) < 4.78 is 5.64. The molecule has 0 unspecified atom stereocenters. The van der Waals surface area contributed by atoms with E-state index in [1.165, 1.54) is 32.1 Å². The SMILES string of the molecule is CCCCCCCCOc1cccc(CO)c1. The lowest BCUT2D eigenvalue weighted by Gasteiger charge is -2.07. The van der Waals surface area contributed by atoms with Crippen LogP contribution in [0.15, 0.2) is 24.3 Å². The van der Waals surface area contributed by atoms with Crippen LogP contribution in [-0.4, -0.2) is 11.7 Å². The van der Waals surface area contributed by atoms with E-state index in [0.717, 1.165) is 24.3 Å². The highest BCUT2D eigenvalue weighted by Crippen LogP contribution is 2.14. The predicted octanol–water partition coefficient (Wildman–Crippen LogP) is 3.92. The molecule has 17 heavy (non-hydrogen) atoms. The summed E-state index contributed by atoms with van der Waals surface area (Å²) in [5, 5.41) is 9.00. The summed E-state index contributed by atoms with van der Waals surface area (Å²) in [6.07, 6.45) is 7.67. The van der Waals surface area contributed by atoms with E-state index in [1.54, 1.807) is 0 Å². The molecule has 1 aromatic carbocycles. The molecule has 0 aliphatic rings. The fourth-order valence-corrected chi connectivity index (χ4v) is 1.81. The molecule has 0 fully saturated rings. The van der Waals surface area contributed by atoms with Gasteiger partial charge in [-0.05, 0) is 24.1 Å². The van der Waals surface area contributed by atoms with Gasteiger partial charge in [0, 0.05) is 0 Å². The van der Waals surface area contributed by atoms with Crippen LogP contribution in [0.3, 0.4) is 0 Å². The van der Waals surface area contributed by atoms with Crippen LogP contribution in [0.25, 0.3) is 0 Å². The van der Waals surface area contributed by atoms with Crippen molar-refractivity contribution < 1.29 is 9.84 Å². The average molecular weight is 236 g/mol. The molecule has 0 amide bonds. The van der Waals surface area contributed by atoms with Crippen molar-refractivity contribution in [3.05, 3.63) is 29.8 Å². The van der Waals surface area contributed by atoms with E-state index in [0.29, 0.717) is 0 Å². The summed E-state index contributed by atoms with van der Waals surface area (Å²) in [7, 11) is 0. The highest BCUT2D eigenvalue weighted by Gasteiger charge is 1.96. The van der Waals surface area contributed by atoms with Crippen LogP contribution in [0, 0.1) is 0 Å². The highest BCUT2D eigenvalue weighted by atomic mass is 16.5. The maximum absolute atomic E-state index is 9.00. The van der Waals surface area contributed by atoms with Crippen molar-refractivity contribution >= 4 is 0 Å². The molecular formula is C15H24O2. The molecular weight excluding hydrogens is 212 g/mol. The summed E-state index contributed by atoms with van der Waals surface area (Å²) in [5.74, 6) is 0.866. The second kappa shape index (κ2) is 9.06. The zero-order chi connectivity index (χ0) is 12.3. The zero-order valence-corrected chi connectivity index (χ0v) is 10.8. The molecule has 0 heterocycles. The summed E-state index contributed by atoms with van der Waals surface area (Å²) in [5.41, 5.74) is 0.908. The van der Waals surface area contributed by atoms with Gasteiger partial charge < -0.3 is 9.84 Å². The maximum atomic E-state index is 9.00. The van der Waals surface area contributed by atoms with Crippen molar-refractivity contribution in [2.45, 2.75) is 52.1 Å². The second-order valence-corrected chi connectivity index (χ2v) is 4.42. The Morgan fingerprint density at radius 1 is 1.06 bits per heavy atom. The van der Waals surface area contributed by atoms with E-state index in [2.05, 4.69) is 6.92 Å². The Labute approximate surface area is 105 Å². The summed E-state index contributed by atoms with van der Waals surface area (Å²) in [6, 6.07) is 7.66. The van der Waals surface area contributed by atoms with Crippen molar-refractivity contribution in [3.8, 4) is 5.75 Å². The number of benzene rings is 1. The monoisotopic (exact) mass is 236 g/mol. The van der Waals surface area contributed by atoms with E-state index in [1.807, 2.05) is 24.3 Å². The van der Waals surface area contributed by atoms with E-state index in [-0.39, 0.29) is 6.61 Å². The number of aliphatic hydroxyl groups is 1. The van der Waals surface area contributed by atoms with Gasteiger partial charge in [0.05, 0.1) is 13.2 Å². The standard InChI is InChI=1S/C15H24O2/c1-2-3-4-5-6-7-11-17-15-10-8-9-14(12-15)13-16/h8-10,12,16H,2-7,11,13H2,1H3. The van der Waals surface area contributed by atoms with Gasteiger partial charge in [0.15, 0.2) is 0 Å². The molecule has 0 aliphatic carbocycles. The molecule has 0 spiro atoms. The van der Waals surface area contributed by atoms with Gasteiger partial charge in [-0.3, -0.25) is 0 Å². The normalized spacial score (nSPS) is 10.5. The topological polar surface area (TPSA) is 29.5 Å². The molecule has 1 N–H and O–H groups in total. The first kappa shape index (κ1) is 14.0. The van der Waals surface area contributed by atoms with Crippen LogP contribution in [0.5, 0.6) is 5.75 Å². The van der Waals surface area contributed by atoms with Gasteiger partial charge >= 0.3 is 0 Å². The molecule has 0 aromatic heterocycles. The Kier molecular flexibility index (Phi) is 7.48. The number of ether oxygens (including phenoxy) is 1. The number of rotatable bonds is 9. The number of hydrogen-bond donors (Lipinski definition) is 1. The van der Waals surface area contributed by atoms with Crippen LogP contribution in [0.4, 0.5) is 0 Å². The minimum atomic E-state index is 0.0776. The highest BCUT2D eigenvalue weighted by molar-refractivity contribution is 5.27. The molecule has 1 aromatic rings. The Morgan fingerprint density at radius 2 is 1.82 bits per heavy atom. The largest absolute Gasteiger partial charge is 0.494 e. The first-order valence-corrected chi connectivity index (χ1v) is 6.69. The van der Waals surface area contributed by atoms with Crippen LogP contribution >= 0.6 is 0 Å². The Balaban J connectivity index is 2.09. The van der Waals surface area contributed by atoms with E-state index in [4.69, 9.17) is 9.84 Å². The van der Waals surface area contributed by atoms with Crippen molar-refractivity contribution in [2.24, 2.45) is 0 Å². The number of unbranched alkanes of at least 4 members (excludes halogenated alkanes) is 5. The van der Waals surface area contributed by atoms with Gasteiger partial charge in [-0.2, -0.15) is 0 Å². The Morgan fingerprint density at radius 3 is 2.59 bits per heavy atom. The fraction of sp³-hybridized carbons (Fsp3) is 0.600. The summed E-state index contributed by atoms with van der Waals surface area (Å²) in [4.78, 5) is 0. The van der Waals surface area contributed by atoms with Crippen LogP contribution in [0.2, 0.25) is 0 Å². The van der Waals surface area contributed by atoms with E-state index >= 15 is 0 Å². The van der Waals surface area contributed by atoms with Crippen LogP contribution in [0.1, 0.15) is 51.0 Å². The van der Waals surface area contributed by atoms with E-state index in [9.17, 15) is 0 Å². The minimum absolute atomic E-state index is 0.0776. The molecule has 2 nitrogen and oxygen atoms in total. The van der Waals surface area contributed by atoms with Gasteiger partial charge in [0.25, 0.3) is 0 Å². The molecule has 0 saturated heterocycles. The third-order valence-corrected chi connectivity index (χ3v) is 2.85. The zero-order valence-electron chi connectivity index (χ0n) is 10.8. The predicted molar refractivity (Wildman–Crippen MR) is 71.2 cm³/mol. The molecule has 1 rings (SSSR count). The van der Waals surface area contributed by atoms with Crippen molar-refractivity contribution in [1.82, 2.24) is 0 Å². The lowest BCUT2D eigenvalue weighted by atomic mass is 10.1. The third kappa shape index (κ3) is 6.32. The lowest BCUT2D eigenvalue weighted by Crippen LogP contribution is -1.97. The quantitative estimate of drug-likeness (QED) is 0.658. The summed E-state index contributed by atoms with van der Waals surface area (Å²) in [6.45, 7) is 3.09. The van der Waals surface area contributed by atoms with Crippen molar-refractivity contribution in [1.29, 1.82) is 0 Å². The maximum Gasteiger partial charge on any atom is 0.119 e. The first-order valence-electron chi connectivity index (χ1n) is 6.69. The van der Waals surface area contributed by atoms with Gasteiger partial charge in [-0.25, -0.2) is 0 Å². The van der Waals surface area contributed by atoms with Gasteiger partial charge in [-0.15, -0.1) is 0 Å². The van der Waals surface area contributed by atoms with Crippen LogP contribution < -0.4 is 4.74 Å². The van der Waals surface area contributed by atoms with Crippen molar-refractivity contribution in [3.63, 3.8) is 0 Å². The van der Waals surface area contributed by atoms with Gasteiger partial charge in [0.1, 0.15) is 5.75 Å². The molecule has 2 heteroatoms. The second-order valence-electron chi connectivity index (χ2n) is 4.42. The molecule has 0 aliphatic heterocycles. The summed E-state index contributed by atoms with van der Waals surface area (Å²) >= 11 is 0. The Hall–Kier alpha value is -1.02. The molecule has 0 saturated carbocycles. The van der Waals surface area contributed by atoms with Crippen LogP contribution in [-0.2, 0) is 6.61 Å². The smallest absolute Gasteiger partial charge is 0.119 e. The molecule has 0 atom stereocenters. The minimum Gasteiger partial charge on any atom is -0.494 e. The Bertz CT molecular complexity index is 297. The van der Waals surface area contributed by atoms with Crippen molar-refractivity contribution in [2.75, 3.05) is 6.61 Å². The molecule has 96 valence electrons. The van der Waals surface area contributed by atoms with Gasteiger partial charge in [0.2, 0.25) is 0 Å². The number of aliphatic hydroxyl groups excluding tert-OH is 1. The third-order valence-electron chi connectivity index (χ3n) is 2.85. The lowest BCUT2D eigenvalue weighted by molar-refractivity contribution is 0.278. The van der Waals surface area contributed by atoms with Gasteiger partial charge in [-0.1, -0.05) is 51.2 Å². The van der Waals surface area contributed by atoms with E-state index < -0.39 is 0 Å². The fourth-order valence-electron chi connectivity index (χ4n) is 1.81.